The first kappa shape index (κ1) is 19.7. The van der Waals surface area contributed by atoms with Crippen LogP contribution in [-0.4, -0.2) is 25.3 Å². The van der Waals surface area contributed by atoms with Gasteiger partial charge >= 0.3 is 0 Å². The summed E-state index contributed by atoms with van der Waals surface area (Å²) in [6.07, 6.45) is 4.14. The summed E-state index contributed by atoms with van der Waals surface area (Å²) in [6, 6.07) is 12.5. The van der Waals surface area contributed by atoms with E-state index in [1.165, 1.54) is 0 Å². The van der Waals surface area contributed by atoms with Crippen LogP contribution in [-0.2, 0) is 0 Å². The monoisotopic (exact) mass is 416 g/mol. The molecule has 1 amide bonds. The fourth-order valence-electron chi connectivity index (χ4n) is 2.05. The van der Waals surface area contributed by atoms with E-state index in [2.05, 4.69) is 33.0 Å². The number of carbonyl (C=O) groups excluding carboxylic acids is 1. The molecule has 2 aromatic rings. The summed E-state index contributed by atoms with van der Waals surface area (Å²) < 4.78 is 12.0. The van der Waals surface area contributed by atoms with E-state index in [0.29, 0.717) is 24.5 Å². The molecule has 136 valence electrons. The Morgan fingerprint density at radius 1 is 1.23 bits per heavy atom. The fourth-order valence-corrected chi connectivity index (χ4v) is 2.43. The first-order chi connectivity index (χ1) is 12.6. The minimum atomic E-state index is -0.303. The molecule has 0 bridgehead atoms. The molecule has 0 spiro atoms. The highest BCUT2D eigenvalue weighted by atomic mass is 79.9. The van der Waals surface area contributed by atoms with Gasteiger partial charge in [-0.25, -0.2) is 5.43 Å². The number of hydrazone groups is 1. The number of benzene rings is 2. The van der Waals surface area contributed by atoms with Gasteiger partial charge in [-0.05, 0) is 48.9 Å². The molecule has 0 heterocycles. The van der Waals surface area contributed by atoms with Gasteiger partial charge in [0.15, 0.2) is 0 Å². The molecule has 6 heteroatoms. The molecule has 0 fully saturated rings. The zero-order chi connectivity index (χ0) is 18.8. The molecular formula is C20H21BrN2O3. The van der Waals surface area contributed by atoms with E-state index < -0.39 is 0 Å². The molecule has 0 aliphatic heterocycles. The first-order valence-electron chi connectivity index (χ1n) is 8.23. The van der Waals surface area contributed by atoms with Crippen LogP contribution in [0.5, 0.6) is 11.5 Å². The number of hydrogen-bond acceptors (Lipinski definition) is 4. The van der Waals surface area contributed by atoms with Gasteiger partial charge in [0.1, 0.15) is 18.1 Å². The molecule has 0 saturated carbocycles. The Labute approximate surface area is 161 Å². The Bertz CT molecular complexity index is 773. The van der Waals surface area contributed by atoms with Gasteiger partial charge in [0.2, 0.25) is 0 Å². The third kappa shape index (κ3) is 6.04. The molecule has 5 nitrogen and oxygen atoms in total. The van der Waals surface area contributed by atoms with Crippen LogP contribution < -0.4 is 14.9 Å². The zero-order valence-electron chi connectivity index (χ0n) is 14.6. The summed E-state index contributed by atoms with van der Waals surface area (Å²) in [5.41, 5.74) is 3.79. The Kier molecular flexibility index (Phi) is 7.89. The molecule has 0 radical (unpaired) electrons. The molecule has 2 rings (SSSR count). The van der Waals surface area contributed by atoms with E-state index in [9.17, 15) is 4.79 Å². The number of ether oxygens (including phenoxy) is 2. The third-order valence-corrected chi connectivity index (χ3v) is 3.78. The highest BCUT2D eigenvalue weighted by Crippen LogP contribution is 2.22. The van der Waals surface area contributed by atoms with Crippen molar-refractivity contribution in [1.29, 1.82) is 0 Å². The molecule has 26 heavy (non-hydrogen) atoms. The number of nitrogens with zero attached hydrogens (tertiary/aromatic N) is 1. The summed E-state index contributed by atoms with van der Waals surface area (Å²) in [7, 11) is 0. The second-order valence-corrected chi connectivity index (χ2v) is 6.27. The fraction of sp³-hybridized carbons (Fsp3) is 0.200. The maximum absolute atomic E-state index is 12.2. The number of nitrogens with one attached hydrogen (secondary N) is 1. The minimum absolute atomic E-state index is 0.303. The lowest BCUT2D eigenvalue weighted by molar-refractivity contribution is 0.0955. The van der Waals surface area contributed by atoms with Gasteiger partial charge < -0.3 is 9.47 Å². The Balaban J connectivity index is 2.00. The van der Waals surface area contributed by atoms with Crippen molar-refractivity contribution >= 4 is 28.1 Å². The van der Waals surface area contributed by atoms with Gasteiger partial charge in [-0.15, -0.1) is 0 Å². The van der Waals surface area contributed by atoms with E-state index in [-0.39, 0.29) is 5.91 Å². The van der Waals surface area contributed by atoms with Crippen molar-refractivity contribution in [3.63, 3.8) is 0 Å². The zero-order valence-corrected chi connectivity index (χ0v) is 16.2. The molecule has 0 aliphatic rings. The van der Waals surface area contributed by atoms with E-state index >= 15 is 0 Å². The van der Waals surface area contributed by atoms with Crippen molar-refractivity contribution in [1.82, 2.24) is 5.43 Å². The lowest BCUT2D eigenvalue weighted by Gasteiger charge is -2.08. The average Bonchev–Trinajstić information content (AvgIpc) is 2.66. The molecule has 0 aliphatic carbocycles. The topological polar surface area (TPSA) is 59.9 Å². The quantitative estimate of drug-likeness (QED) is 0.370. The minimum Gasteiger partial charge on any atom is -0.493 e. The van der Waals surface area contributed by atoms with Crippen LogP contribution >= 0.6 is 15.9 Å². The molecule has 0 atom stereocenters. The Morgan fingerprint density at radius 3 is 2.69 bits per heavy atom. The second-order valence-electron chi connectivity index (χ2n) is 5.35. The van der Waals surface area contributed by atoms with Crippen molar-refractivity contribution in [2.24, 2.45) is 5.10 Å². The molecule has 0 saturated heterocycles. The average molecular weight is 417 g/mol. The summed E-state index contributed by atoms with van der Waals surface area (Å²) in [5.74, 6) is 1.09. The number of hydrogen-bond donors (Lipinski definition) is 1. The van der Waals surface area contributed by atoms with Gasteiger partial charge in [-0.3, -0.25) is 4.79 Å². The predicted molar refractivity (Wildman–Crippen MR) is 107 cm³/mol. The van der Waals surface area contributed by atoms with Crippen LogP contribution in [0.2, 0.25) is 0 Å². The highest BCUT2D eigenvalue weighted by Gasteiger charge is 2.06. The van der Waals surface area contributed by atoms with Crippen LogP contribution in [0.1, 0.15) is 29.3 Å². The van der Waals surface area contributed by atoms with Crippen LogP contribution in [0.4, 0.5) is 0 Å². The van der Waals surface area contributed by atoms with Crippen LogP contribution in [0.15, 0.2) is 64.7 Å². The van der Waals surface area contributed by atoms with Gasteiger partial charge in [0, 0.05) is 15.6 Å². The first-order valence-corrected chi connectivity index (χ1v) is 9.03. The highest BCUT2D eigenvalue weighted by molar-refractivity contribution is 9.10. The van der Waals surface area contributed by atoms with Gasteiger partial charge in [0.05, 0.1) is 12.8 Å². The number of carbonyl (C=O) groups is 1. The maximum atomic E-state index is 12.2. The van der Waals surface area contributed by atoms with Crippen molar-refractivity contribution in [3.05, 3.63) is 70.7 Å². The van der Waals surface area contributed by atoms with E-state index in [1.807, 2.05) is 25.1 Å². The van der Waals surface area contributed by atoms with Gasteiger partial charge in [-0.2, -0.15) is 5.10 Å². The normalized spacial score (nSPS) is 10.5. The number of halogens is 1. The molecule has 2 aromatic carbocycles. The molecular weight excluding hydrogens is 396 g/mol. The maximum Gasteiger partial charge on any atom is 0.271 e. The van der Waals surface area contributed by atoms with Crippen molar-refractivity contribution in [3.8, 4) is 11.5 Å². The van der Waals surface area contributed by atoms with Crippen molar-refractivity contribution < 1.29 is 14.3 Å². The summed E-state index contributed by atoms with van der Waals surface area (Å²) in [5, 5.41) is 4.03. The molecule has 1 N–H and O–H groups in total. The van der Waals surface area contributed by atoms with Crippen molar-refractivity contribution in [2.45, 2.75) is 13.3 Å². The summed E-state index contributed by atoms with van der Waals surface area (Å²) in [6.45, 7) is 6.68. The van der Waals surface area contributed by atoms with Crippen LogP contribution in [0.25, 0.3) is 0 Å². The van der Waals surface area contributed by atoms with E-state index in [0.717, 1.165) is 22.2 Å². The smallest absolute Gasteiger partial charge is 0.271 e. The number of amides is 1. The predicted octanol–water partition coefficient (Wildman–Crippen LogP) is 4.57. The molecule has 0 unspecified atom stereocenters. The summed E-state index contributed by atoms with van der Waals surface area (Å²) in [4.78, 5) is 12.2. The lowest BCUT2D eigenvalue weighted by atomic mass is 10.2. The van der Waals surface area contributed by atoms with Gasteiger partial charge in [0.25, 0.3) is 5.91 Å². The SMILES string of the molecule is C=CCOc1ccc(C(=O)N/N=C/c2cc(Br)ccc2OCCC)cc1. The van der Waals surface area contributed by atoms with Crippen molar-refractivity contribution in [2.75, 3.05) is 13.2 Å². The summed E-state index contributed by atoms with van der Waals surface area (Å²) >= 11 is 3.42. The van der Waals surface area contributed by atoms with E-state index in [4.69, 9.17) is 9.47 Å². The third-order valence-electron chi connectivity index (χ3n) is 3.29. The van der Waals surface area contributed by atoms with Gasteiger partial charge in [-0.1, -0.05) is 35.5 Å². The van der Waals surface area contributed by atoms with E-state index in [1.54, 1.807) is 36.6 Å². The van der Waals surface area contributed by atoms with Crippen LogP contribution in [0, 0.1) is 0 Å². The molecule has 0 aromatic heterocycles. The van der Waals surface area contributed by atoms with Crippen LogP contribution in [0.3, 0.4) is 0 Å². The standard InChI is InChI=1S/C20H21BrN2O3/c1-3-11-25-18-8-5-15(6-9-18)20(24)23-22-14-16-13-17(21)7-10-19(16)26-12-4-2/h3,5-10,13-14H,1,4,11-12H2,2H3,(H,23,24)/b22-14+. The second kappa shape index (κ2) is 10.4. The largest absolute Gasteiger partial charge is 0.493 e. The lowest BCUT2D eigenvalue weighted by Crippen LogP contribution is -2.17. The number of rotatable bonds is 9. The Morgan fingerprint density at radius 2 is 2.00 bits per heavy atom. The Hall–Kier alpha value is -2.60.